The first-order valence-electron chi connectivity index (χ1n) is 20.0. The van der Waals surface area contributed by atoms with E-state index in [1.54, 1.807) is 0 Å². The number of fused-ring (bicyclic) bond motifs is 12. The van der Waals surface area contributed by atoms with Gasteiger partial charge in [-0.2, -0.15) is 0 Å². The topological polar surface area (TPSA) is 23.0 Å². The Hall–Kier alpha value is -7.14. The van der Waals surface area contributed by atoms with Crippen molar-refractivity contribution in [2.75, 3.05) is 0 Å². The summed E-state index contributed by atoms with van der Waals surface area (Å²) < 4.78 is 13.9. The van der Waals surface area contributed by atoms with Crippen LogP contribution in [0.1, 0.15) is 12.8 Å². The predicted octanol–water partition coefficient (Wildman–Crippen LogP) is 15.7. The highest BCUT2D eigenvalue weighted by atomic mass is 32.1. The van der Waals surface area contributed by atoms with Crippen LogP contribution in [0, 0.1) is 0 Å². The lowest BCUT2D eigenvalue weighted by Gasteiger charge is -2.14. The average molecular weight is 759 g/mol. The maximum Gasteiger partial charge on any atom is 0.136 e. The fraction of sp³-hybridized carbons (Fsp3) is 0.0370. The summed E-state index contributed by atoms with van der Waals surface area (Å²) in [5.41, 5.74) is 14.0. The van der Waals surface area contributed by atoms with Crippen molar-refractivity contribution < 1.29 is 4.42 Å². The molecule has 1 aliphatic rings. The zero-order valence-electron chi connectivity index (χ0n) is 31.4. The first-order valence-corrected chi connectivity index (χ1v) is 20.9. The molecule has 4 aromatic heterocycles. The van der Waals surface area contributed by atoms with Gasteiger partial charge in [-0.25, -0.2) is 0 Å². The van der Waals surface area contributed by atoms with Gasteiger partial charge in [-0.15, -0.1) is 11.3 Å². The molecule has 272 valence electrons. The monoisotopic (exact) mass is 758 g/mol. The molecule has 0 atom stereocenters. The number of hydrogen-bond acceptors (Lipinski definition) is 2. The number of hydrogen-bond donors (Lipinski definition) is 0. The summed E-state index contributed by atoms with van der Waals surface area (Å²) in [6, 6.07) is 60.4. The van der Waals surface area contributed by atoms with Crippen LogP contribution in [0.15, 0.2) is 186 Å². The molecule has 58 heavy (non-hydrogen) atoms. The van der Waals surface area contributed by atoms with Crippen LogP contribution < -0.4 is 0 Å². The highest BCUT2D eigenvalue weighted by Crippen LogP contribution is 2.43. The summed E-state index contributed by atoms with van der Waals surface area (Å²) in [6.45, 7) is 0. The molecule has 3 nitrogen and oxygen atoms in total. The lowest BCUT2D eigenvalue weighted by molar-refractivity contribution is 0.669. The Balaban J connectivity index is 0.977. The van der Waals surface area contributed by atoms with Crippen molar-refractivity contribution in [3.05, 3.63) is 182 Å². The van der Waals surface area contributed by atoms with Crippen LogP contribution in [0.3, 0.4) is 0 Å². The molecule has 12 aromatic rings. The molecule has 13 rings (SSSR count). The standard InChI is InChI=1S/C54H34N2OS/c1-2-10-37(11-3-1)55-47-15-7-4-12-39(47)40-25-20-35(29-49(40)55)33-18-23-38(24-19-33)56-48-27-22-34(36-21-26-42-41-13-5-8-16-51(41)57-52(42)30-36)28-44(48)45-32-54-46(31-50(45)56)43-14-6-9-17-53(43)58-54/h1-2,4-10,12-32H,3,11H2. The number of furan rings is 1. The van der Waals surface area contributed by atoms with Crippen LogP contribution in [0.25, 0.3) is 119 Å². The Morgan fingerprint density at radius 3 is 1.95 bits per heavy atom. The van der Waals surface area contributed by atoms with E-state index in [0.717, 1.165) is 46.0 Å². The fourth-order valence-corrected chi connectivity index (χ4v) is 10.8. The minimum atomic E-state index is 0.914. The number of benzene rings is 8. The van der Waals surface area contributed by atoms with Gasteiger partial charge in [-0.3, -0.25) is 0 Å². The average Bonchev–Trinajstić information content (AvgIpc) is 4.02. The molecule has 0 saturated heterocycles. The van der Waals surface area contributed by atoms with Crippen molar-refractivity contribution in [1.29, 1.82) is 0 Å². The minimum Gasteiger partial charge on any atom is -0.456 e. The molecule has 1 aliphatic carbocycles. The van der Waals surface area contributed by atoms with Crippen LogP contribution in [0.2, 0.25) is 0 Å². The molecule has 0 amide bonds. The van der Waals surface area contributed by atoms with Crippen LogP contribution in [0.4, 0.5) is 0 Å². The Morgan fingerprint density at radius 2 is 1.07 bits per heavy atom. The van der Waals surface area contributed by atoms with Crippen LogP contribution in [0.5, 0.6) is 0 Å². The molecular weight excluding hydrogens is 725 g/mol. The van der Waals surface area contributed by atoms with E-state index in [2.05, 4.69) is 179 Å². The third-order valence-corrected chi connectivity index (χ3v) is 13.5. The second kappa shape index (κ2) is 12.2. The van der Waals surface area contributed by atoms with Crippen molar-refractivity contribution >= 4 is 103 Å². The summed E-state index contributed by atoms with van der Waals surface area (Å²) in [7, 11) is 0. The first-order chi connectivity index (χ1) is 28.7. The zero-order chi connectivity index (χ0) is 37.9. The summed E-state index contributed by atoms with van der Waals surface area (Å²) in [6.07, 6.45) is 8.83. The molecular formula is C54H34N2OS. The molecule has 0 aliphatic heterocycles. The van der Waals surface area contributed by atoms with Gasteiger partial charge >= 0.3 is 0 Å². The quantitative estimate of drug-likeness (QED) is 0.175. The Morgan fingerprint density at radius 1 is 0.414 bits per heavy atom. The molecule has 4 heterocycles. The van der Waals surface area contributed by atoms with E-state index >= 15 is 0 Å². The smallest absolute Gasteiger partial charge is 0.136 e. The normalized spacial score (nSPS) is 13.4. The summed E-state index contributed by atoms with van der Waals surface area (Å²) in [4.78, 5) is 0. The maximum absolute atomic E-state index is 6.31. The molecule has 0 spiro atoms. The molecule has 0 N–H and O–H groups in total. The van der Waals surface area contributed by atoms with Gasteiger partial charge in [-0.1, -0.05) is 103 Å². The maximum atomic E-state index is 6.31. The van der Waals surface area contributed by atoms with Gasteiger partial charge in [0.1, 0.15) is 11.2 Å². The zero-order valence-corrected chi connectivity index (χ0v) is 32.3. The van der Waals surface area contributed by atoms with Crippen molar-refractivity contribution in [3.8, 4) is 27.9 Å². The van der Waals surface area contributed by atoms with Gasteiger partial charge in [0.05, 0.1) is 22.1 Å². The SMILES string of the molecule is C1=CCCC(n2c3ccccc3c3ccc(-c4ccc(-n5c6ccc(-c7ccc8c(c7)oc7ccccc78)cc6c6cc7sc8ccccc8c7cc65)cc4)cc32)=C1. The van der Waals surface area contributed by atoms with E-state index in [1.807, 2.05) is 23.5 Å². The van der Waals surface area contributed by atoms with Crippen LogP contribution in [-0.2, 0) is 0 Å². The third-order valence-electron chi connectivity index (χ3n) is 12.4. The fourth-order valence-electron chi connectivity index (χ4n) is 9.64. The largest absolute Gasteiger partial charge is 0.456 e. The van der Waals surface area contributed by atoms with E-state index in [4.69, 9.17) is 4.42 Å². The number of allylic oxidation sites excluding steroid dienone is 4. The Labute approximate surface area is 337 Å². The molecule has 0 radical (unpaired) electrons. The second-order valence-electron chi connectivity index (χ2n) is 15.6. The van der Waals surface area contributed by atoms with Crippen LogP contribution in [-0.4, -0.2) is 9.13 Å². The summed E-state index contributed by atoms with van der Waals surface area (Å²) in [5, 5.41) is 10.0. The Bertz CT molecular complexity index is 3730. The number of nitrogens with zero attached hydrogens (tertiary/aromatic N) is 2. The first kappa shape index (κ1) is 32.0. The molecule has 8 aromatic carbocycles. The van der Waals surface area contributed by atoms with E-state index in [-0.39, 0.29) is 0 Å². The number of rotatable bonds is 4. The van der Waals surface area contributed by atoms with E-state index in [0.29, 0.717) is 0 Å². The van der Waals surface area contributed by atoms with Gasteiger partial charge in [0, 0.05) is 63.9 Å². The highest BCUT2D eigenvalue weighted by molar-refractivity contribution is 7.25. The van der Waals surface area contributed by atoms with E-state index < -0.39 is 0 Å². The summed E-state index contributed by atoms with van der Waals surface area (Å²) in [5.74, 6) is 0. The van der Waals surface area contributed by atoms with Crippen molar-refractivity contribution in [2.45, 2.75) is 12.8 Å². The van der Waals surface area contributed by atoms with Gasteiger partial charge in [0.25, 0.3) is 0 Å². The van der Waals surface area contributed by atoms with E-state index in [1.165, 1.54) is 86.2 Å². The van der Waals surface area contributed by atoms with Crippen LogP contribution >= 0.6 is 11.3 Å². The third kappa shape index (κ3) is 4.67. The molecule has 0 unspecified atom stereocenters. The van der Waals surface area contributed by atoms with Crippen molar-refractivity contribution in [1.82, 2.24) is 9.13 Å². The van der Waals surface area contributed by atoms with E-state index in [9.17, 15) is 0 Å². The number of aromatic nitrogens is 2. The van der Waals surface area contributed by atoms with Crippen molar-refractivity contribution in [3.63, 3.8) is 0 Å². The lowest BCUT2D eigenvalue weighted by Crippen LogP contribution is -1.98. The number of thiophene rings is 1. The highest BCUT2D eigenvalue weighted by Gasteiger charge is 2.19. The molecule has 4 heteroatoms. The van der Waals surface area contributed by atoms with Gasteiger partial charge in [0.15, 0.2) is 0 Å². The van der Waals surface area contributed by atoms with Crippen molar-refractivity contribution in [2.24, 2.45) is 0 Å². The number of para-hydroxylation sites is 2. The summed E-state index contributed by atoms with van der Waals surface area (Å²) >= 11 is 1.88. The predicted molar refractivity (Wildman–Crippen MR) is 247 cm³/mol. The van der Waals surface area contributed by atoms with Gasteiger partial charge in [-0.05, 0) is 114 Å². The second-order valence-corrected chi connectivity index (χ2v) is 16.7. The van der Waals surface area contributed by atoms with Gasteiger partial charge < -0.3 is 13.6 Å². The lowest BCUT2D eigenvalue weighted by atomic mass is 10.0. The molecule has 0 saturated carbocycles. The molecule has 0 bridgehead atoms. The minimum absolute atomic E-state index is 0.914. The Kier molecular flexibility index (Phi) is 6.72. The molecule has 0 fully saturated rings. The van der Waals surface area contributed by atoms with Gasteiger partial charge in [0.2, 0.25) is 0 Å².